The monoisotopic (exact) mass is 390 g/mol. The number of likely N-dealkylation sites (N-methyl/N-ethyl adjacent to an activating group) is 1. The van der Waals surface area contributed by atoms with E-state index in [0.717, 1.165) is 35.2 Å². The predicted octanol–water partition coefficient (Wildman–Crippen LogP) is 4.53. The molecule has 2 rings (SSSR count). The van der Waals surface area contributed by atoms with Crippen LogP contribution in [0.25, 0.3) is 0 Å². The van der Waals surface area contributed by atoms with E-state index >= 15 is 0 Å². The van der Waals surface area contributed by atoms with Crippen LogP contribution in [-0.4, -0.2) is 19.2 Å². The van der Waals surface area contributed by atoms with Crippen molar-refractivity contribution in [3.05, 3.63) is 57.7 Å². The van der Waals surface area contributed by atoms with Crippen molar-refractivity contribution in [1.82, 2.24) is 5.32 Å². The van der Waals surface area contributed by atoms with E-state index in [9.17, 15) is 4.79 Å². The zero-order valence-electron chi connectivity index (χ0n) is 14.3. The summed E-state index contributed by atoms with van der Waals surface area (Å²) in [7, 11) is 1.65. The molecule has 24 heavy (non-hydrogen) atoms. The molecular formula is C19H23BrN2O2. The zero-order valence-corrected chi connectivity index (χ0v) is 15.9. The molecule has 2 aliphatic rings. The smallest absolute Gasteiger partial charge is 0.247 e. The Hall–Kier alpha value is -1.88. The fraction of sp³-hybridized carbons (Fsp3) is 0.368. The number of ether oxygens (including phenoxy) is 1. The first-order valence-corrected chi connectivity index (χ1v) is 8.94. The van der Waals surface area contributed by atoms with Gasteiger partial charge >= 0.3 is 0 Å². The molecule has 0 aromatic rings. The van der Waals surface area contributed by atoms with Crippen LogP contribution >= 0.6 is 15.9 Å². The number of hydrogen-bond donors (Lipinski definition) is 1. The third kappa shape index (κ3) is 4.81. The molecule has 1 N–H and O–H groups in total. The SMILES string of the molecule is CCC1C=CC=C(OC2=C(C)CCC=C(Br)N=C2)C=C1C(=O)NC. The van der Waals surface area contributed by atoms with E-state index in [0.29, 0.717) is 11.3 Å². The van der Waals surface area contributed by atoms with E-state index in [1.165, 1.54) is 0 Å². The normalized spacial score (nSPS) is 21.2. The highest BCUT2D eigenvalue weighted by Crippen LogP contribution is 2.25. The average molecular weight is 391 g/mol. The second kappa shape index (κ2) is 8.83. The van der Waals surface area contributed by atoms with Gasteiger partial charge in [-0.15, -0.1) is 0 Å². The predicted molar refractivity (Wildman–Crippen MR) is 102 cm³/mol. The number of carbonyl (C=O) groups is 1. The topological polar surface area (TPSA) is 50.7 Å². The molecule has 0 spiro atoms. The minimum atomic E-state index is -0.0781. The number of allylic oxidation sites excluding steroid dienone is 7. The van der Waals surface area contributed by atoms with Gasteiger partial charge in [-0.25, -0.2) is 4.99 Å². The van der Waals surface area contributed by atoms with Gasteiger partial charge in [0.2, 0.25) is 5.91 Å². The number of hydrogen-bond acceptors (Lipinski definition) is 3. The highest BCUT2D eigenvalue weighted by Gasteiger charge is 2.19. The van der Waals surface area contributed by atoms with Gasteiger partial charge in [0.25, 0.3) is 0 Å². The van der Waals surface area contributed by atoms with Crippen molar-refractivity contribution < 1.29 is 9.53 Å². The van der Waals surface area contributed by atoms with Crippen LogP contribution in [0.5, 0.6) is 0 Å². The van der Waals surface area contributed by atoms with E-state index in [2.05, 4.69) is 33.2 Å². The van der Waals surface area contributed by atoms with Crippen molar-refractivity contribution in [2.75, 3.05) is 7.05 Å². The second-order valence-corrected chi connectivity index (χ2v) is 6.53. The lowest BCUT2D eigenvalue weighted by atomic mass is 9.95. The molecule has 0 radical (unpaired) electrons. The molecule has 5 heteroatoms. The zero-order chi connectivity index (χ0) is 17.5. The fourth-order valence-electron chi connectivity index (χ4n) is 2.55. The van der Waals surface area contributed by atoms with Crippen LogP contribution < -0.4 is 5.32 Å². The summed E-state index contributed by atoms with van der Waals surface area (Å²) >= 11 is 3.41. The van der Waals surface area contributed by atoms with Crippen molar-refractivity contribution in [1.29, 1.82) is 0 Å². The lowest BCUT2D eigenvalue weighted by molar-refractivity contribution is -0.117. The maximum absolute atomic E-state index is 12.2. The van der Waals surface area contributed by atoms with E-state index < -0.39 is 0 Å². The molecule has 0 saturated heterocycles. The summed E-state index contributed by atoms with van der Waals surface area (Å²) in [5.41, 5.74) is 1.84. The van der Waals surface area contributed by atoms with Crippen molar-refractivity contribution >= 4 is 28.1 Å². The molecule has 1 heterocycles. The first-order chi connectivity index (χ1) is 11.5. The fourth-order valence-corrected chi connectivity index (χ4v) is 2.88. The van der Waals surface area contributed by atoms with Gasteiger partial charge in [0.15, 0.2) is 0 Å². The molecule has 0 aromatic carbocycles. The average Bonchev–Trinajstić information content (AvgIpc) is 2.78. The Kier molecular flexibility index (Phi) is 6.79. The van der Waals surface area contributed by atoms with Gasteiger partial charge in [0.1, 0.15) is 16.1 Å². The van der Waals surface area contributed by atoms with E-state index in [4.69, 9.17) is 4.74 Å². The molecular weight excluding hydrogens is 368 g/mol. The minimum absolute atomic E-state index is 0.0781. The van der Waals surface area contributed by atoms with Gasteiger partial charge < -0.3 is 10.1 Å². The van der Waals surface area contributed by atoms with Crippen molar-refractivity contribution in [3.63, 3.8) is 0 Å². The van der Waals surface area contributed by atoms with Crippen LogP contribution in [0, 0.1) is 5.92 Å². The number of amides is 1. The second-order valence-electron chi connectivity index (χ2n) is 5.72. The first-order valence-electron chi connectivity index (χ1n) is 8.14. The van der Waals surface area contributed by atoms with Gasteiger partial charge in [0, 0.05) is 18.5 Å². The van der Waals surface area contributed by atoms with Crippen molar-refractivity contribution in [3.8, 4) is 0 Å². The maximum Gasteiger partial charge on any atom is 0.247 e. The summed E-state index contributed by atoms with van der Waals surface area (Å²) in [5.74, 6) is 1.37. The minimum Gasteiger partial charge on any atom is -0.456 e. The Morgan fingerprint density at radius 2 is 2.29 bits per heavy atom. The Balaban J connectivity index is 2.30. The summed E-state index contributed by atoms with van der Waals surface area (Å²) in [4.78, 5) is 16.5. The Morgan fingerprint density at radius 1 is 1.50 bits per heavy atom. The lowest BCUT2D eigenvalue weighted by Gasteiger charge is -2.15. The summed E-state index contributed by atoms with van der Waals surface area (Å²) in [6.45, 7) is 4.11. The first kappa shape index (κ1) is 18.5. The molecule has 0 fully saturated rings. The largest absolute Gasteiger partial charge is 0.456 e. The molecule has 1 atom stereocenters. The van der Waals surface area contributed by atoms with Crippen LogP contribution in [-0.2, 0) is 9.53 Å². The molecule has 0 saturated carbocycles. The van der Waals surface area contributed by atoms with E-state index in [-0.39, 0.29) is 11.8 Å². The molecule has 1 unspecified atom stereocenters. The molecule has 0 bridgehead atoms. The Bertz CT molecular complexity index is 681. The van der Waals surface area contributed by atoms with Gasteiger partial charge in [-0.05, 0) is 59.8 Å². The summed E-state index contributed by atoms with van der Waals surface area (Å²) in [6.07, 6.45) is 14.1. The molecule has 1 aliphatic carbocycles. The van der Waals surface area contributed by atoms with Gasteiger partial charge in [-0.3, -0.25) is 4.79 Å². The van der Waals surface area contributed by atoms with Crippen LogP contribution in [0.3, 0.4) is 0 Å². The van der Waals surface area contributed by atoms with E-state index in [1.54, 1.807) is 13.3 Å². The molecule has 1 amide bonds. The Labute approximate surface area is 151 Å². The van der Waals surface area contributed by atoms with Crippen molar-refractivity contribution in [2.45, 2.75) is 33.1 Å². The van der Waals surface area contributed by atoms with Crippen LogP contribution in [0.2, 0.25) is 0 Å². The molecule has 0 aromatic heterocycles. The highest BCUT2D eigenvalue weighted by atomic mass is 79.9. The van der Waals surface area contributed by atoms with Crippen molar-refractivity contribution in [2.24, 2.45) is 10.9 Å². The van der Waals surface area contributed by atoms with E-state index in [1.807, 2.05) is 37.3 Å². The number of nitrogens with zero attached hydrogens (tertiary/aromatic N) is 1. The third-order valence-corrected chi connectivity index (χ3v) is 4.54. The van der Waals surface area contributed by atoms with Crippen LogP contribution in [0.1, 0.15) is 33.1 Å². The highest BCUT2D eigenvalue weighted by molar-refractivity contribution is 9.11. The summed E-state index contributed by atoms with van der Waals surface area (Å²) in [6, 6.07) is 0. The quantitative estimate of drug-likeness (QED) is 0.716. The van der Waals surface area contributed by atoms with Crippen LogP contribution in [0.4, 0.5) is 0 Å². The molecule has 1 aliphatic heterocycles. The van der Waals surface area contributed by atoms with Crippen LogP contribution in [0.15, 0.2) is 62.6 Å². The molecule has 128 valence electrons. The standard InChI is InChI=1S/C19H23BrN2O2/c1-4-14-8-6-9-15(11-16(14)19(23)21-3)24-17-12-22-18(20)10-5-7-13(17)2/h6,8-12,14H,4-5,7H2,1-3H3,(H,21,23). The molecule has 4 nitrogen and oxygen atoms in total. The van der Waals surface area contributed by atoms with Gasteiger partial charge in [-0.2, -0.15) is 0 Å². The maximum atomic E-state index is 12.2. The number of nitrogens with one attached hydrogen (secondary N) is 1. The number of halogens is 1. The number of aliphatic imine (C=N–C) groups is 1. The Morgan fingerprint density at radius 3 is 3.00 bits per heavy atom. The van der Waals surface area contributed by atoms with Gasteiger partial charge in [0.05, 0.1) is 6.21 Å². The number of rotatable bonds is 4. The van der Waals surface area contributed by atoms with Gasteiger partial charge in [-0.1, -0.05) is 25.2 Å². The lowest BCUT2D eigenvalue weighted by Crippen LogP contribution is -2.24. The number of carbonyl (C=O) groups excluding carboxylic acids is 1. The third-order valence-electron chi connectivity index (χ3n) is 4.02. The summed E-state index contributed by atoms with van der Waals surface area (Å²) < 4.78 is 6.87. The summed E-state index contributed by atoms with van der Waals surface area (Å²) in [5, 5.41) is 2.71.